The van der Waals surface area contributed by atoms with Gasteiger partial charge in [0, 0.05) is 22.7 Å². The highest BCUT2D eigenvalue weighted by molar-refractivity contribution is 7.88. The molecule has 1 atom stereocenters. The fourth-order valence-corrected chi connectivity index (χ4v) is 4.72. The molecule has 0 spiro atoms. The van der Waals surface area contributed by atoms with E-state index in [4.69, 9.17) is 0 Å². The molecule has 6 nitrogen and oxygen atoms in total. The third kappa shape index (κ3) is 4.15. The molecule has 2 aromatic heterocycles. The molecule has 1 unspecified atom stereocenters. The van der Waals surface area contributed by atoms with E-state index in [2.05, 4.69) is 14.8 Å². The summed E-state index contributed by atoms with van der Waals surface area (Å²) in [5.41, 5.74) is 3.27. The number of nitrogens with one attached hydrogen (secondary N) is 1. The van der Waals surface area contributed by atoms with Crippen molar-refractivity contribution in [2.75, 3.05) is 0 Å². The Labute approximate surface area is 151 Å². The van der Waals surface area contributed by atoms with Crippen LogP contribution in [0.2, 0.25) is 0 Å². The Morgan fingerprint density at radius 3 is 2.60 bits per heavy atom. The minimum atomic E-state index is -3.48. The van der Waals surface area contributed by atoms with Gasteiger partial charge in [-0.2, -0.15) is 5.10 Å². The minimum absolute atomic E-state index is 0.118. The number of thiazole rings is 1. The third-order valence-corrected chi connectivity index (χ3v) is 6.09. The molecule has 0 aliphatic heterocycles. The van der Waals surface area contributed by atoms with E-state index in [1.165, 1.54) is 11.3 Å². The van der Waals surface area contributed by atoms with Gasteiger partial charge in [-0.05, 0) is 32.9 Å². The van der Waals surface area contributed by atoms with Crippen molar-refractivity contribution in [3.8, 4) is 5.69 Å². The highest BCUT2D eigenvalue weighted by Gasteiger charge is 2.21. The summed E-state index contributed by atoms with van der Waals surface area (Å²) in [5.74, 6) is -0.118. The number of hydrogen-bond donors (Lipinski definition) is 1. The van der Waals surface area contributed by atoms with Crippen LogP contribution in [0.1, 0.15) is 34.9 Å². The molecule has 0 fully saturated rings. The first kappa shape index (κ1) is 17.8. The molecule has 1 aromatic carbocycles. The average Bonchev–Trinajstić information content (AvgIpc) is 3.13. The SMILES string of the molecule is Cc1nc(CS(=O)(=O)NC(C)c2cnn(-c3ccccc3)c2C)cs1. The zero-order chi connectivity index (χ0) is 18.0. The van der Waals surface area contributed by atoms with E-state index in [0.29, 0.717) is 5.69 Å². The van der Waals surface area contributed by atoms with Gasteiger partial charge in [0.1, 0.15) is 5.75 Å². The van der Waals surface area contributed by atoms with Crippen LogP contribution in [0.25, 0.3) is 5.69 Å². The molecule has 0 radical (unpaired) electrons. The predicted molar refractivity (Wildman–Crippen MR) is 99.3 cm³/mol. The van der Waals surface area contributed by atoms with Gasteiger partial charge in [0.05, 0.1) is 22.6 Å². The van der Waals surface area contributed by atoms with Crippen LogP contribution in [-0.4, -0.2) is 23.2 Å². The van der Waals surface area contributed by atoms with Gasteiger partial charge in [-0.25, -0.2) is 22.8 Å². The molecule has 2 heterocycles. The molecule has 0 saturated carbocycles. The van der Waals surface area contributed by atoms with Gasteiger partial charge >= 0.3 is 0 Å². The summed E-state index contributed by atoms with van der Waals surface area (Å²) in [5, 5.41) is 7.03. The Hall–Kier alpha value is -2.03. The Balaban J connectivity index is 1.77. The van der Waals surface area contributed by atoms with Gasteiger partial charge in [-0.1, -0.05) is 18.2 Å². The maximum absolute atomic E-state index is 12.4. The second-order valence-electron chi connectivity index (χ2n) is 5.89. The molecule has 25 heavy (non-hydrogen) atoms. The topological polar surface area (TPSA) is 76.9 Å². The molecule has 0 amide bonds. The van der Waals surface area contributed by atoms with Crippen LogP contribution in [0.5, 0.6) is 0 Å². The molecule has 0 aliphatic rings. The van der Waals surface area contributed by atoms with Crippen molar-refractivity contribution in [3.63, 3.8) is 0 Å². The average molecular weight is 377 g/mol. The summed E-state index contributed by atoms with van der Waals surface area (Å²) in [6.07, 6.45) is 1.71. The van der Waals surface area contributed by atoms with Gasteiger partial charge in [0.2, 0.25) is 10.0 Å². The van der Waals surface area contributed by atoms with Crippen molar-refractivity contribution in [2.45, 2.75) is 32.6 Å². The molecule has 0 saturated heterocycles. The van der Waals surface area contributed by atoms with Crippen molar-refractivity contribution in [2.24, 2.45) is 0 Å². The third-order valence-electron chi connectivity index (χ3n) is 3.88. The lowest BCUT2D eigenvalue weighted by atomic mass is 10.1. The molecule has 3 aromatic rings. The van der Waals surface area contributed by atoms with Crippen LogP contribution in [0, 0.1) is 13.8 Å². The van der Waals surface area contributed by atoms with E-state index in [9.17, 15) is 8.42 Å². The largest absolute Gasteiger partial charge is 0.245 e. The first-order valence-corrected chi connectivity index (χ1v) is 10.4. The number of para-hydroxylation sites is 1. The smallest absolute Gasteiger partial charge is 0.217 e. The number of rotatable bonds is 6. The maximum Gasteiger partial charge on any atom is 0.217 e. The van der Waals surface area contributed by atoms with E-state index in [1.807, 2.05) is 55.8 Å². The molecular formula is C17H20N4O2S2. The van der Waals surface area contributed by atoms with E-state index >= 15 is 0 Å². The first-order chi connectivity index (χ1) is 11.9. The van der Waals surface area contributed by atoms with Gasteiger partial charge in [-0.15, -0.1) is 11.3 Å². The van der Waals surface area contributed by atoms with Gasteiger partial charge < -0.3 is 0 Å². The lowest BCUT2D eigenvalue weighted by Gasteiger charge is -2.14. The fraction of sp³-hybridized carbons (Fsp3) is 0.294. The van der Waals surface area contributed by atoms with E-state index < -0.39 is 10.0 Å². The molecule has 132 valence electrons. The molecule has 3 rings (SSSR count). The Bertz CT molecular complexity index is 962. The summed E-state index contributed by atoms with van der Waals surface area (Å²) in [7, 11) is -3.48. The van der Waals surface area contributed by atoms with E-state index in [-0.39, 0.29) is 11.8 Å². The van der Waals surface area contributed by atoms with Crippen LogP contribution in [-0.2, 0) is 15.8 Å². The summed E-state index contributed by atoms with van der Waals surface area (Å²) in [6.45, 7) is 5.62. The Morgan fingerprint density at radius 2 is 1.96 bits per heavy atom. The summed E-state index contributed by atoms with van der Waals surface area (Å²) in [6, 6.07) is 9.38. The van der Waals surface area contributed by atoms with Gasteiger partial charge in [0.15, 0.2) is 0 Å². The predicted octanol–water partition coefficient (Wildman–Crippen LogP) is 3.13. The van der Waals surface area contributed by atoms with Gasteiger partial charge in [-0.3, -0.25) is 0 Å². The Kier molecular flexibility index (Phi) is 5.03. The van der Waals surface area contributed by atoms with Crippen molar-refractivity contribution in [1.29, 1.82) is 0 Å². The normalized spacial score (nSPS) is 13.1. The number of sulfonamides is 1. The lowest BCUT2D eigenvalue weighted by molar-refractivity contribution is 0.565. The van der Waals surface area contributed by atoms with E-state index in [0.717, 1.165) is 22.0 Å². The first-order valence-electron chi connectivity index (χ1n) is 7.86. The van der Waals surface area contributed by atoms with Crippen LogP contribution < -0.4 is 4.72 Å². The second kappa shape index (κ2) is 7.07. The van der Waals surface area contributed by atoms with Crippen LogP contribution in [0.15, 0.2) is 41.9 Å². The Morgan fingerprint density at radius 1 is 1.24 bits per heavy atom. The summed E-state index contributed by atoms with van der Waals surface area (Å²) < 4.78 is 29.3. The van der Waals surface area contributed by atoms with Crippen LogP contribution in [0.3, 0.4) is 0 Å². The number of benzene rings is 1. The molecule has 0 bridgehead atoms. The highest BCUT2D eigenvalue weighted by Crippen LogP contribution is 2.21. The zero-order valence-electron chi connectivity index (χ0n) is 14.3. The maximum atomic E-state index is 12.4. The molecular weight excluding hydrogens is 356 g/mol. The minimum Gasteiger partial charge on any atom is -0.245 e. The summed E-state index contributed by atoms with van der Waals surface area (Å²) in [4.78, 5) is 4.22. The van der Waals surface area contributed by atoms with Crippen molar-refractivity contribution < 1.29 is 8.42 Å². The molecule has 0 aliphatic carbocycles. The zero-order valence-corrected chi connectivity index (χ0v) is 15.9. The van der Waals surface area contributed by atoms with Gasteiger partial charge in [0.25, 0.3) is 0 Å². The lowest BCUT2D eigenvalue weighted by Crippen LogP contribution is -2.28. The highest BCUT2D eigenvalue weighted by atomic mass is 32.2. The number of hydrogen-bond acceptors (Lipinski definition) is 5. The summed E-state index contributed by atoms with van der Waals surface area (Å²) >= 11 is 1.45. The second-order valence-corrected chi connectivity index (χ2v) is 8.71. The van der Waals surface area contributed by atoms with E-state index in [1.54, 1.807) is 11.6 Å². The number of nitrogens with zero attached hydrogens (tertiary/aromatic N) is 3. The fourth-order valence-electron chi connectivity index (χ4n) is 2.72. The van der Waals surface area contributed by atoms with Crippen molar-refractivity contribution in [3.05, 3.63) is 63.9 Å². The van der Waals surface area contributed by atoms with Crippen LogP contribution >= 0.6 is 11.3 Å². The number of aromatic nitrogens is 3. The van der Waals surface area contributed by atoms with Crippen molar-refractivity contribution >= 4 is 21.4 Å². The molecule has 8 heteroatoms. The van der Waals surface area contributed by atoms with Crippen molar-refractivity contribution in [1.82, 2.24) is 19.5 Å². The quantitative estimate of drug-likeness (QED) is 0.717. The molecule has 1 N–H and O–H groups in total. The van der Waals surface area contributed by atoms with Crippen LogP contribution in [0.4, 0.5) is 0 Å². The standard InChI is InChI=1S/C17H20N4O2S2/c1-12(20-25(22,23)11-15-10-24-14(3)19-15)17-9-18-21(13(17)2)16-7-5-4-6-8-16/h4-10,12,20H,11H2,1-3H3. The monoisotopic (exact) mass is 376 g/mol. The number of aryl methyl sites for hydroxylation is 1.